The van der Waals surface area contributed by atoms with Crippen LogP contribution >= 0.6 is 15.9 Å². The highest BCUT2D eigenvalue weighted by atomic mass is 79.9. The second kappa shape index (κ2) is 6.09. The second-order valence-corrected chi connectivity index (χ2v) is 6.58. The van der Waals surface area contributed by atoms with Gasteiger partial charge in [-0.15, -0.1) is 0 Å². The van der Waals surface area contributed by atoms with Gasteiger partial charge in [0.1, 0.15) is 11.0 Å². The van der Waals surface area contributed by atoms with E-state index in [1.54, 1.807) is 0 Å². The Kier molecular flexibility index (Phi) is 4.73. The Morgan fingerprint density at radius 1 is 1.29 bits per heavy atom. The molecule has 0 spiro atoms. The lowest BCUT2D eigenvalue weighted by molar-refractivity contribution is 0.249. The Morgan fingerprint density at radius 2 is 1.88 bits per heavy atom. The average Bonchev–Trinajstić information content (AvgIpc) is 2.33. The van der Waals surface area contributed by atoms with E-state index in [1.807, 2.05) is 24.3 Å². The molecule has 1 N–H and O–H groups in total. The van der Waals surface area contributed by atoms with Gasteiger partial charge in [0, 0.05) is 10.5 Å². The fourth-order valence-electron chi connectivity index (χ4n) is 1.90. The number of hydrogen-bond acceptors (Lipinski definition) is 2. The minimum atomic E-state index is -1.09. The molecular weight excluding hydrogens is 300 g/mol. The van der Waals surface area contributed by atoms with Gasteiger partial charge >= 0.3 is 0 Å². The zero-order valence-corrected chi connectivity index (χ0v) is 12.3. The highest BCUT2D eigenvalue weighted by Gasteiger charge is 2.18. The summed E-state index contributed by atoms with van der Waals surface area (Å²) in [5.41, 5.74) is 0. The summed E-state index contributed by atoms with van der Waals surface area (Å²) in [6, 6.07) is 7.99. The summed E-state index contributed by atoms with van der Waals surface area (Å²) in [4.78, 5) is 3.15. The van der Waals surface area contributed by atoms with E-state index in [0.29, 0.717) is 6.04 Å². The third kappa shape index (κ3) is 3.88. The van der Waals surface area contributed by atoms with Crippen LogP contribution in [0.4, 0.5) is 0 Å². The molecule has 1 heterocycles. The molecule has 17 heavy (non-hydrogen) atoms. The predicted octanol–water partition coefficient (Wildman–Crippen LogP) is 2.16. The highest BCUT2D eigenvalue weighted by molar-refractivity contribution is 9.10. The van der Waals surface area contributed by atoms with Gasteiger partial charge in [-0.2, -0.15) is 0 Å². The molecule has 1 aromatic carbocycles. The number of benzene rings is 1. The number of hydrogen-bond donors (Lipinski definition) is 1. The lowest BCUT2D eigenvalue weighted by atomic mass is 10.1. The van der Waals surface area contributed by atoms with Gasteiger partial charge in [-0.1, -0.05) is 15.9 Å². The Balaban J connectivity index is 1.91. The quantitative estimate of drug-likeness (QED) is 0.926. The average molecular weight is 317 g/mol. The fraction of sp³-hybridized carbons (Fsp3) is 0.500. The molecule has 1 saturated heterocycles. The first-order valence-corrected chi connectivity index (χ1v) is 7.71. The van der Waals surface area contributed by atoms with Crippen molar-refractivity contribution in [3.63, 3.8) is 0 Å². The van der Waals surface area contributed by atoms with Crippen LogP contribution in [0.2, 0.25) is 0 Å². The smallest absolute Gasteiger partial charge is 0.125 e. The SMILES string of the molecule is CN1CCC(NS(=O)c2ccc(Br)cc2)CC1. The standard InChI is InChI=1S/C12H17BrN2OS/c1-15-8-6-11(7-9-15)14-17(16)12-4-2-10(13)3-5-12/h2-5,11,14H,6-9H2,1H3. The van der Waals surface area contributed by atoms with Crippen LogP contribution in [0.1, 0.15) is 12.8 Å². The maximum absolute atomic E-state index is 12.1. The summed E-state index contributed by atoms with van der Waals surface area (Å²) in [6.07, 6.45) is 2.14. The fourth-order valence-corrected chi connectivity index (χ4v) is 3.23. The van der Waals surface area contributed by atoms with Gasteiger partial charge < -0.3 is 4.90 Å². The Morgan fingerprint density at radius 3 is 2.47 bits per heavy atom. The van der Waals surface area contributed by atoms with Crippen molar-refractivity contribution < 1.29 is 4.21 Å². The first kappa shape index (κ1) is 13.2. The topological polar surface area (TPSA) is 32.3 Å². The predicted molar refractivity (Wildman–Crippen MR) is 74.2 cm³/mol. The van der Waals surface area contributed by atoms with Crippen LogP contribution in [0.5, 0.6) is 0 Å². The van der Waals surface area contributed by atoms with Crippen molar-refractivity contribution in [3.05, 3.63) is 28.7 Å². The number of rotatable bonds is 3. The van der Waals surface area contributed by atoms with Crippen molar-refractivity contribution in [2.24, 2.45) is 0 Å². The molecule has 0 amide bonds. The van der Waals surface area contributed by atoms with Crippen molar-refractivity contribution in [2.75, 3.05) is 20.1 Å². The van der Waals surface area contributed by atoms with Crippen LogP contribution in [-0.4, -0.2) is 35.3 Å². The highest BCUT2D eigenvalue weighted by Crippen LogP contribution is 2.14. The van der Waals surface area contributed by atoms with E-state index in [1.165, 1.54) is 0 Å². The molecule has 0 aromatic heterocycles. The van der Waals surface area contributed by atoms with E-state index in [4.69, 9.17) is 0 Å². The summed E-state index contributed by atoms with van der Waals surface area (Å²) in [7, 11) is 1.04. The van der Waals surface area contributed by atoms with Crippen LogP contribution in [-0.2, 0) is 11.0 Å². The molecule has 0 radical (unpaired) electrons. The first-order valence-electron chi connectivity index (χ1n) is 5.77. The molecule has 0 bridgehead atoms. The molecule has 1 atom stereocenters. The molecule has 94 valence electrons. The molecule has 1 aromatic rings. The third-order valence-corrected chi connectivity index (χ3v) is 4.80. The van der Waals surface area contributed by atoms with Gasteiger partial charge in [0.05, 0.1) is 4.90 Å². The summed E-state index contributed by atoms with van der Waals surface area (Å²) < 4.78 is 16.3. The maximum atomic E-state index is 12.1. The van der Waals surface area contributed by atoms with Crippen LogP contribution in [0.3, 0.4) is 0 Å². The van der Waals surface area contributed by atoms with Crippen LogP contribution in [0.15, 0.2) is 33.6 Å². The van der Waals surface area contributed by atoms with Gasteiger partial charge in [0.2, 0.25) is 0 Å². The third-order valence-electron chi connectivity index (χ3n) is 3.02. The monoisotopic (exact) mass is 316 g/mol. The normalized spacial score (nSPS) is 20.4. The Labute approximate surface area is 113 Å². The van der Waals surface area contributed by atoms with Crippen molar-refractivity contribution in [3.8, 4) is 0 Å². The lowest BCUT2D eigenvalue weighted by Crippen LogP contribution is -2.41. The van der Waals surface area contributed by atoms with Crippen LogP contribution in [0, 0.1) is 0 Å². The molecule has 1 fully saturated rings. The maximum Gasteiger partial charge on any atom is 0.125 e. The first-order chi connectivity index (χ1) is 8.15. The van der Waals surface area contributed by atoms with Crippen molar-refractivity contribution in [1.29, 1.82) is 0 Å². The lowest BCUT2D eigenvalue weighted by Gasteiger charge is -2.29. The van der Waals surface area contributed by atoms with Crippen molar-refractivity contribution in [2.45, 2.75) is 23.8 Å². The van der Waals surface area contributed by atoms with Crippen molar-refractivity contribution in [1.82, 2.24) is 9.62 Å². The van der Waals surface area contributed by atoms with Crippen LogP contribution < -0.4 is 4.72 Å². The number of nitrogens with zero attached hydrogens (tertiary/aromatic N) is 1. The van der Waals surface area contributed by atoms with Gasteiger partial charge in [0.25, 0.3) is 0 Å². The minimum absolute atomic E-state index is 0.371. The number of likely N-dealkylation sites (tertiary alicyclic amines) is 1. The molecular formula is C12H17BrN2OS. The number of nitrogens with one attached hydrogen (secondary N) is 1. The zero-order chi connectivity index (χ0) is 12.3. The summed E-state index contributed by atoms with van der Waals surface area (Å²) in [5, 5.41) is 0. The summed E-state index contributed by atoms with van der Waals surface area (Å²) in [5.74, 6) is 0. The van der Waals surface area contributed by atoms with E-state index >= 15 is 0 Å². The van der Waals surface area contributed by atoms with Gasteiger partial charge in [-0.05, 0) is 57.2 Å². The van der Waals surface area contributed by atoms with Crippen molar-refractivity contribution >= 4 is 26.9 Å². The molecule has 1 unspecified atom stereocenters. The van der Waals surface area contributed by atoms with Gasteiger partial charge in [-0.3, -0.25) is 0 Å². The van der Waals surface area contributed by atoms with E-state index in [9.17, 15) is 4.21 Å². The molecule has 0 aliphatic carbocycles. The van der Waals surface area contributed by atoms with Gasteiger partial charge in [-0.25, -0.2) is 8.93 Å². The van der Waals surface area contributed by atoms with E-state index in [-0.39, 0.29) is 0 Å². The summed E-state index contributed by atoms with van der Waals surface area (Å²) >= 11 is 3.37. The Hall–Kier alpha value is -0.230. The summed E-state index contributed by atoms with van der Waals surface area (Å²) in [6.45, 7) is 2.16. The van der Waals surface area contributed by atoms with Gasteiger partial charge in [0.15, 0.2) is 0 Å². The molecule has 2 rings (SSSR count). The van der Waals surface area contributed by atoms with E-state index < -0.39 is 11.0 Å². The Bertz CT molecular complexity index is 388. The van der Waals surface area contributed by atoms with E-state index in [0.717, 1.165) is 35.3 Å². The van der Waals surface area contributed by atoms with Crippen LogP contribution in [0.25, 0.3) is 0 Å². The largest absolute Gasteiger partial charge is 0.306 e. The molecule has 0 saturated carbocycles. The molecule has 3 nitrogen and oxygen atoms in total. The minimum Gasteiger partial charge on any atom is -0.306 e. The molecule has 1 aliphatic heterocycles. The number of halogens is 1. The van der Waals surface area contributed by atoms with E-state index in [2.05, 4.69) is 32.6 Å². The molecule has 1 aliphatic rings. The number of piperidine rings is 1. The molecule has 5 heteroatoms. The zero-order valence-electron chi connectivity index (χ0n) is 9.86. The second-order valence-electron chi connectivity index (χ2n) is 4.42.